The highest BCUT2D eigenvalue weighted by Crippen LogP contribution is 2.12. The average Bonchev–Trinajstić information content (AvgIpc) is 2.81. The largest absolute Gasteiger partial charge is 0.352 e. The van der Waals surface area contributed by atoms with Crippen LogP contribution in [0.3, 0.4) is 0 Å². The van der Waals surface area contributed by atoms with Gasteiger partial charge in [0, 0.05) is 32.6 Å². The molecular weight excluding hydrogens is 230 g/mol. The third kappa shape index (κ3) is 3.70. The predicted molar refractivity (Wildman–Crippen MR) is 69.1 cm³/mol. The fourth-order valence-corrected chi connectivity index (χ4v) is 2.86. The van der Waals surface area contributed by atoms with Gasteiger partial charge in [-0.25, -0.2) is 0 Å². The van der Waals surface area contributed by atoms with Gasteiger partial charge in [-0.1, -0.05) is 0 Å². The Morgan fingerprint density at radius 2 is 1.89 bits per heavy atom. The first-order valence-corrected chi connectivity index (χ1v) is 6.92. The maximum absolute atomic E-state index is 12.0. The van der Waals surface area contributed by atoms with Crippen molar-refractivity contribution in [1.29, 1.82) is 0 Å². The summed E-state index contributed by atoms with van der Waals surface area (Å²) < 4.78 is 0. The van der Waals surface area contributed by atoms with Crippen molar-refractivity contribution in [1.82, 2.24) is 15.1 Å². The molecule has 0 aromatic heterocycles. The number of nitrogens with one attached hydrogen (secondary N) is 1. The average molecular weight is 253 g/mol. The van der Waals surface area contributed by atoms with E-state index < -0.39 is 0 Å². The summed E-state index contributed by atoms with van der Waals surface area (Å²) in [6.07, 6.45) is 4.35. The molecule has 5 heteroatoms. The summed E-state index contributed by atoms with van der Waals surface area (Å²) in [5.41, 5.74) is 0. The van der Waals surface area contributed by atoms with Crippen molar-refractivity contribution in [3.8, 4) is 0 Å². The van der Waals surface area contributed by atoms with E-state index in [0.717, 1.165) is 51.9 Å². The molecule has 102 valence electrons. The van der Waals surface area contributed by atoms with Crippen LogP contribution in [0.1, 0.15) is 32.6 Å². The van der Waals surface area contributed by atoms with E-state index in [1.165, 1.54) is 0 Å². The van der Waals surface area contributed by atoms with Crippen LogP contribution < -0.4 is 5.32 Å². The van der Waals surface area contributed by atoms with Crippen LogP contribution in [0.25, 0.3) is 0 Å². The zero-order valence-corrected chi connectivity index (χ0v) is 11.2. The summed E-state index contributed by atoms with van der Waals surface area (Å²) in [7, 11) is 0. The Kier molecular flexibility index (Phi) is 4.58. The molecule has 0 aromatic rings. The standard InChI is InChI=1S/C13H23N3O2/c1-11(17)14-12-5-4-6-15(9-12)10-13(18)16-7-2-3-8-16/h12H,2-10H2,1H3,(H,14,17). The highest BCUT2D eigenvalue weighted by molar-refractivity contribution is 5.78. The van der Waals surface area contributed by atoms with Gasteiger partial charge >= 0.3 is 0 Å². The van der Waals surface area contributed by atoms with Crippen LogP contribution in [-0.2, 0) is 9.59 Å². The van der Waals surface area contributed by atoms with Gasteiger partial charge in [-0.15, -0.1) is 0 Å². The van der Waals surface area contributed by atoms with Crippen molar-refractivity contribution in [3.05, 3.63) is 0 Å². The van der Waals surface area contributed by atoms with Crippen molar-refractivity contribution in [2.24, 2.45) is 0 Å². The Hall–Kier alpha value is -1.10. The summed E-state index contributed by atoms with van der Waals surface area (Å²) in [5, 5.41) is 2.95. The van der Waals surface area contributed by atoms with Gasteiger partial charge in [-0.2, -0.15) is 0 Å². The van der Waals surface area contributed by atoms with Gasteiger partial charge in [0.15, 0.2) is 0 Å². The molecular formula is C13H23N3O2. The number of carbonyl (C=O) groups excluding carboxylic acids is 2. The molecule has 2 aliphatic heterocycles. The van der Waals surface area contributed by atoms with Crippen LogP contribution in [0.5, 0.6) is 0 Å². The number of hydrogen-bond donors (Lipinski definition) is 1. The number of rotatable bonds is 3. The molecule has 2 heterocycles. The third-order valence-corrected chi connectivity index (χ3v) is 3.73. The van der Waals surface area contributed by atoms with Crippen LogP contribution in [0.2, 0.25) is 0 Å². The second kappa shape index (κ2) is 6.18. The molecule has 2 rings (SSSR count). The number of nitrogens with zero attached hydrogens (tertiary/aromatic N) is 2. The Morgan fingerprint density at radius 3 is 2.56 bits per heavy atom. The van der Waals surface area contributed by atoms with Crippen LogP contribution >= 0.6 is 0 Å². The van der Waals surface area contributed by atoms with Crippen molar-refractivity contribution < 1.29 is 9.59 Å². The molecule has 18 heavy (non-hydrogen) atoms. The highest BCUT2D eigenvalue weighted by atomic mass is 16.2. The molecule has 2 amide bonds. The van der Waals surface area contributed by atoms with Crippen molar-refractivity contribution in [2.45, 2.75) is 38.6 Å². The van der Waals surface area contributed by atoms with Crippen LogP contribution in [0, 0.1) is 0 Å². The Labute approximate surface area is 108 Å². The number of carbonyl (C=O) groups is 2. The Balaban J connectivity index is 1.78. The minimum absolute atomic E-state index is 0.0210. The van der Waals surface area contributed by atoms with E-state index in [2.05, 4.69) is 10.2 Å². The lowest BCUT2D eigenvalue weighted by Crippen LogP contribution is -2.50. The lowest BCUT2D eigenvalue weighted by atomic mass is 10.1. The van der Waals surface area contributed by atoms with Crippen LogP contribution in [0.4, 0.5) is 0 Å². The van der Waals surface area contributed by atoms with E-state index in [1.54, 1.807) is 6.92 Å². The topological polar surface area (TPSA) is 52.7 Å². The van der Waals surface area contributed by atoms with E-state index in [9.17, 15) is 9.59 Å². The minimum atomic E-state index is 0.0210. The smallest absolute Gasteiger partial charge is 0.236 e. The van der Waals surface area contributed by atoms with Gasteiger partial charge in [0.25, 0.3) is 0 Å². The second-order valence-corrected chi connectivity index (χ2v) is 5.36. The van der Waals surface area contributed by atoms with Crippen molar-refractivity contribution >= 4 is 11.8 Å². The van der Waals surface area contributed by atoms with Gasteiger partial charge in [-0.3, -0.25) is 14.5 Å². The van der Waals surface area contributed by atoms with Crippen LogP contribution in [-0.4, -0.2) is 60.4 Å². The predicted octanol–water partition coefficient (Wildman–Crippen LogP) is 0.209. The lowest BCUT2D eigenvalue weighted by Gasteiger charge is -2.33. The molecule has 2 fully saturated rings. The van der Waals surface area contributed by atoms with E-state index >= 15 is 0 Å². The zero-order chi connectivity index (χ0) is 13.0. The fourth-order valence-electron chi connectivity index (χ4n) is 2.86. The number of likely N-dealkylation sites (tertiary alicyclic amines) is 2. The molecule has 0 aliphatic carbocycles. The summed E-state index contributed by atoms with van der Waals surface area (Å²) in [6, 6.07) is 0.211. The maximum Gasteiger partial charge on any atom is 0.236 e. The fraction of sp³-hybridized carbons (Fsp3) is 0.846. The van der Waals surface area contributed by atoms with Gasteiger partial charge in [0.1, 0.15) is 0 Å². The lowest BCUT2D eigenvalue weighted by molar-refractivity contribution is -0.131. The van der Waals surface area contributed by atoms with E-state index in [-0.39, 0.29) is 17.9 Å². The molecule has 2 aliphatic rings. The summed E-state index contributed by atoms with van der Waals surface area (Å²) >= 11 is 0. The summed E-state index contributed by atoms with van der Waals surface area (Å²) in [4.78, 5) is 27.2. The SMILES string of the molecule is CC(=O)NC1CCCN(CC(=O)N2CCCC2)C1. The second-order valence-electron chi connectivity index (χ2n) is 5.36. The molecule has 0 bridgehead atoms. The molecule has 2 saturated heterocycles. The number of hydrogen-bond acceptors (Lipinski definition) is 3. The molecule has 1 N–H and O–H groups in total. The molecule has 0 aromatic carbocycles. The molecule has 0 spiro atoms. The maximum atomic E-state index is 12.0. The van der Waals surface area contributed by atoms with Gasteiger partial charge in [0.2, 0.25) is 11.8 Å². The van der Waals surface area contributed by atoms with Crippen molar-refractivity contribution in [2.75, 3.05) is 32.7 Å². The van der Waals surface area contributed by atoms with Gasteiger partial charge in [0.05, 0.1) is 6.54 Å². The molecule has 1 atom stereocenters. The Morgan fingerprint density at radius 1 is 1.17 bits per heavy atom. The van der Waals surface area contributed by atoms with E-state index in [0.29, 0.717) is 6.54 Å². The monoisotopic (exact) mass is 253 g/mol. The first-order chi connectivity index (χ1) is 8.65. The molecule has 1 unspecified atom stereocenters. The Bertz CT molecular complexity index is 313. The zero-order valence-electron chi connectivity index (χ0n) is 11.2. The molecule has 0 radical (unpaired) electrons. The first-order valence-electron chi connectivity index (χ1n) is 6.92. The van der Waals surface area contributed by atoms with Crippen LogP contribution in [0.15, 0.2) is 0 Å². The van der Waals surface area contributed by atoms with E-state index in [4.69, 9.17) is 0 Å². The molecule has 0 saturated carbocycles. The van der Waals surface area contributed by atoms with Crippen molar-refractivity contribution in [3.63, 3.8) is 0 Å². The molecule has 5 nitrogen and oxygen atoms in total. The minimum Gasteiger partial charge on any atom is -0.352 e. The van der Waals surface area contributed by atoms with Gasteiger partial charge < -0.3 is 10.2 Å². The van der Waals surface area contributed by atoms with E-state index in [1.807, 2.05) is 4.90 Å². The summed E-state index contributed by atoms with van der Waals surface area (Å²) in [6.45, 7) is 5.67. The normalized spacial score (nSPS) is 25.2. The summed E-state index contributed by atoms with van der Waals surface area (Å²) in [5.74, 6) is 0.267. The highest BCUT2D eigenvalue weighted by Gasteiger charge is 2.25. The number of amides is 2. The number of piperidine rings is 1. The van der Waals surface area contributed by atoms with Gasteiger partial charge in [-0.05, 0) is 32.2 Å². The quantitative estimate of drug-likeness (QED) is 0.782. The first kappa shape index (κ1) is 13.3. The third-order valence-electron chi connectivity index (χ3n) is 3.73.